The molecule has 1 fully saturated rings. The largest absolute Gasteiger partial charge is 0.492 e. The van der Waals surface area contributed by atoms with Crippen LogP contribution in [0.25, 0.3) is 0 Å². The average Bonchev–Trinajstić information content (AvgIpc) is 2.54. The van der Waals surface area contributed by atoms with Gasteiger partial charge in [-0.2, -0.15) is 0 Å². The lowest BCUT2D eigenvalue weighted by molar-refractivity contribution is -0.121. The van der Waals surface area contributed by atoms with E-state index in [1.165, 1.54) is 19.3 Å². The Morgan fingerprint density at radius 2 is 1.90 bits per heavy atom. The Kier molecular flexibility index (Phi) is 6.05. The molecule has 0 unspecified atom stereocenters. The second kappa shape index (κ2) is 8.03. The van der Waals surface area contributed by atoms with E-state index in [1.54, 1.807) is 0 Å². The van der Waals surface area contributed by atoms with Gasteiger partial charge in [-0.05, 0) is 55.9 Å². The van der Waals surface area contributed by atoms with Crippen molar-refractivity contribution in [2.24, 2.45) is 17.6 Å². The topological polar surface area (TPSA) is 64.3 Å². The summed E-state index contributed by atoms with van der Waals surface area (Å²) in [4.78, 5) is 12.3. The fourth-order valence-electron chi connectivity index (χ4n) is 2.89. The van der Waals surface area contributed by atoms with Crippen molar-refractivity contribution in [3.05, 3.63) is 24.3 Å². The van der Waals surface area contributed by atoms with E-state index in [9.17, 15) is 4.79 Å². The normalized spacial score (nSPS) is 21.8. The first-order chi connectivity index (χ1) is 10.2. The second-order valence-electron chi connectivity index (χ2n) is 5.78. The summed E-state index contributed by atoms with van der Waals surface area (Å²) in [5.41, 5.74) is 6.22. The predicted octanol–water partition coefficient (Wildman–Crippen LogP) is 3.18. The fraction of sp³-hybridized carbons (Fsp3) is 0.588. The van der Waals surface area contributed by atoms with Gasteiger partial charge in [0.05, 0.1) is 0 Å². The molecule has 0 radical (unpaired) electrons. The maximum Gasteiger partial charge on any atom is 0.227 e. The van der Waals surface area contributed by atoms with Crippen LogP contribution in [0.1, 0.15) is 39.0 Å². The van der Waals surface area contributed by atoms with Crippen molar-refractivity contribution in [1.29, 1.82) is 0 Å². The number of benzene rings is 1. The smallest absolute Gasteiger partial charge is 0.227 e. The lowest BCUT2D eigenvalue weighted by atomic mass is 9.80. The molecule has 4 nitrogen and oxygen atoms in total. The van der Waals surface area contributed by atoms with Gasteiger partial charge < -0.3 is 15.8 Å². The van der Waals surface area contributed by atoms with Gasteiger partial charge in [0.25, 0.3) is 0 Å². The van der Waals surface area contributed by atoms with Crippen LogP contribution >= 0.6 is 0 Å². The van der Waals surface area contributed by atoms with Gasteiger partial charge >= 0.3 is 0 Å². The van der Waals surface area contributed by atoms with Crippen LogP contribution in [0, 0.1) is 11.8 Å². The number of anilines is 1. The number of nitrogens with one attached hydrogen (secondary N) is 1. The molecule has 2 rings (SSSR count). The maximum absolute atomic E-state index is 12.3. The van der Waals surface area contributed by atoms with Crippen molar-refractivity contribution in [1.82, 2.24) is 0 Å². The number of hydrogen-bond donors (Lipinski definition) is 2. The lowest BCUT2D eigenvalue weighted by Crippen LogP contribution is -2.27. The summed E-state index contributed by atoms with van der Waals surface area (Å²) in [5, 5.41) is 3.01. The first-order valence-electron chi connectivity index (χ1n) is 7.96. The number of rotatable bonds is 6. The number of amides is 1. The summed E-state index contributed by atoms with van der Waals surface area (Å²) in [6, 6.07) is 7.47. The molecular formula is C17H26N2O2. The van der Waals surface area contributed by atoms with Crippen molar-refractivity contribution in [2.75, 3.05) is 18.5 Å². The monoisotopic (exact) mass is 290 g/mol. The minimum atomic E-state index is 0.153. The highest BCUT2D eigenvalue weighted by atomic mass is 16.5. The van der Waals surface area contributed by atoms with Gasteiger partial charge in [0.2, 0.25) is 5.91 Å². The van der Waals surface area contributed by atoms with E-state index >= 15 is 0 Å². The standard InChI is InChI=1S/C17H26N2O2/c1-2-13-3-5-14(6-4-13)17(20)19-15-7-9-16(10-8-15)21-12-11-18/h7-10,13-14H,2-6,11-12,18H2,1H3,(H,19,20). The van der Waals surface area contributed by atoms with Gasteiger partial charge in [0, 0.05) is 18.2 Å². The highest BCUT2D eigenvalue weighted by Crippen LogP contribution is 2.31. The molecular weight excluding hydrogens is 264 g/mol. The maximum atomic E-state index is 12.3. The molecule has 1 aliphatic rings. The molecule has 1 aromatic carbocycles. The number of nitrogens with two attached hydrogens (primary N) is 1. The molecule has 21 heavy (non-hydrogen) atoms. The predicted molar refractivity (Wildman–Crippen MR) is 85.4 cm³/mol. The van der Waals surface area contributed by atoms with Crippen LogP contribution in [-0.4, -0.2) is 19.1 Å². The Labute approximate surface area is 127 Å². The zero-order chi connectivity index (χ0) is 15.1. The summed E-state index contributed by atoms with van der Waals surface area (Å²) in [5.74, 6) is 1.91. The molecule has 1 aromatic rings. The number of hydrogen-bond acceptors (Lipinski definition) is 3. The molecule has 0 saturated heterocycles. The molecule has 1 saturated carbocycles. The molecule has 4 heteroatoms. The van der Waals surface area contributed by atoms with E-state index in [0.717, 1.165) is 30.2 Å². The van der Waals surface area contributed by atoms with E-state index in [-0.39, 0.29) is 11.8 Å². The Bertz CT molecular complexity index is 437. The van der Waals surface area contributed by atoms with Gasteiger partial charge in [0.1, 0.15) is 12.4 Å². The molecule has 1 aliphatic carbocycles. The minimum absolute atomic E-state index is 0.153. The van der Waals surface area contributed by atoms with Gasteiger partial charge in [0.15, 0.2) is 0 Å². The molecule has 1 amide bonds. The molecule has 0 atom stereocenters. The fourth-order valence-corrected chi connectivity index (χ4v) is 2.89. The highest BCUT2D eigenvalue weighted by Gasteiger charge is 2.25. The third kappa shape index (κ3) is 4.74. The van der Waals surface area contributed by atoms with Crippen molar-refractivity contribution in [2.45, 2.75) is 39.0 Å². The molecule has 0 aliphatic heterocycles. The van der Waals surface area contributed by atoms with Crippen molar-refractivity contribution >= 4 is 11.6 Å². The third-order valence-corrected chi connectivity index (χ3v) is 4.30. The zero-order valence-corrected chi connectivity index (χ0v) is 12.8. The van der Waals surface area contributed by atoms with E-state index in [4.69, 9.17) is 10.5 Å². The molecule has 0 bridgehead atoms. The Morgan fingerprint density at radius 1 is 1.24 bits per heavy atom. The Balaban J connectivity index is 1.82. The van der Waals surface area contributed by atoms with E-state index < -0.39 is 0 Å². The molecule has 0 aromatic heterocycles. The number of carbonyl (C=O) groups is 1. The third-order valence-electron chi connectivity index (χ3n) is 4.30. The van der Waals surface area contributed by atoms with Crippen LogP contribution in [-0.2, 0) is 4.79 Å². The molecule has 3 N–H and O–H groups in total. The van der Waals surface area contributed by atoms with Crippen LogP contribution in [0.5, 0.6) is 5.75 Å². The van der Waals surface area contributed by atoms with Gasteiger partial charge in [-0.1, -0.05) is 13.3 Å². The van der Waals surface area contributed by atoms with Crippen LogP contribution in [0.2, 0.25) is 0 Å². The van der Waals surface area contributed by atoms with Crippen LogP contribution in [0.15, 0.2) is 24.3 Å². The van der Waals surface area contributed by atoms with Crippen LogP contribution in [0.4, 0.5) is 5.69 Å². The Hall–Kier alpha value is -1.55. The lowest BCUT2D eigenvalue weighted by Gasteiger charge is -2.26. The number of carbonyl (C=O) groups excluding carboxylic acids is 1. The minimum Gasteiger partial charge on any atom is -0.492 e. The summed E-state index contributed by atoms with van der Waals surface area (Å²) < 4.78 is 5.42. The zero-order valence-electron chi connectivity index (χ0n) is 12.8. The first kappa shape index (κ1) is 15.8. The van der Waals surface area contributed by atoms with Crippen LogP contribution < -0.4 is 15.8 Å². The van der Waals surface area contributed by atoms with Gasteiger partial charge in [-0.3, -0.25) is 4.79 Å². The van der Waals surface area contributed by atoms with E-state index in [0.29, 0.717) is 13.2 Å². The number of ether oxygens (including phenoxy) is 1. The molecule has 116 valence electrons. The SMILES string of the molecule is CCC1CCC(C(=O)Nc2ccc(OCCN)cc2)CC1. The summed E-state index contributed by atoms with van der Waals surface area (Å²) in [6.45, 7) is 3.24. The second-order valence-corrected chi connectivity index (χ2v) is 5.78. The van der Waals surface area contributed by atoms with E-state index in [1.807, 2.05) is 24.3 Å². The summed E-state index contributed by atoms with van der Waals surface area (Å²) in [6.07, 6.45) is 5.63. The van der Waals surface area contributed by atoms with Crippen LogP contribution in [0.3, 0.4) is 0 Å². The highest BCUT2D eigenvalue weighted by molar-refractivity contribution is 5.92. The summed E-state index contributed by atoms with van der Waals surface area (Å²) in [7, 11) is 0. The van der Waals surface area contributed by atoms with Crippen molar-refractivity contribution < 1.29 is 9.53 Å². The van der Waals surface area contributed by atoms with Crippen molar-refractivity contribution in [3.8, 4) is 5.75 Å². The first-order valence-corrected chi connectivity index (χ1v) is 7.96. The van der Waals surface area contributed by atoms with Crippen molar-refractivity contribution in [3.63, 3.8) is 0 Å². The van der Waals surface area contributed by atoms with Gasteiger partial charge in [-0.25, -0.2) is 0 Å². The Morgan fingerprint density at radius 3 is 2.48 bits per heavy atom. The van der Waals surface area contributed by atoms with Gasteiger partial charge in [-0.15, -0.1) is 0 Å². The summed E-state index contributed by atoms with van der Waals surface area (Å²) >= 11 is 0. The average molecular weight is 290 g/mol. The molecule has 0 spiro atoms. The van der Waals surface area contributed by atoms with E-state index in [2.05, 4.69) is 12.2 Å². The quantitative estimate of drug-likeness (QED) is 0.845. The molecule has 0 heterocycles.